The topological polar surface area (TPSA) is 21.7 Å². The van der Waals surface area contributed by atoms with E-state index in [0.717, 1.165) is 26.3 Å². The molecule has 0 rings (SSSR count). The smallest absolute Gasteiger partial charge is 0.0597 e. The number of rotatable bonds is 9. The fourth-order valence-corrected chi connectivity index (χ4v) is 1.44. The van der Waals surface area contributed by atoms with Gasteiger partial charge in [-0.15, -0.1) is 0 Å². The molecule has 0 aliphatic heterocycles. The van der Waals surface area contributed by atoms with Crippen LogP contribution < -0.4 is 0 Å². The molecular weight excluding hydrogens is 202 g/mol. The van der Waals surface area contributed by atoms with Gasteiger partial charge in [0.15, 0.2) is 0 Å². The lowest BCUT2D eigenvalue weighted by molar-refractivity contribution is 0.0263. The van der Waals surface area contributed by atoms with Crippen molar-refractivity contribution in [2.45, 2.75) is 59.8 Å². The highest BCUT2D eigenvalue weighted by molar-refractivity contribution is 4.62. The molecule has 0 saturated heterocycles. The molecule has 0 N–H and O–H groups in total. The molecule has 0 fully saturated rings. The molecular formula is C13H29NO2. The molecule has 98 valence electrons. The lowest BCUT2D eigenvalue weighted by atomic mass is 10.3. The van der Waals surface area contributed by atoms with Crippen molar-refractivity contribution in [2.75, 3.05) is 26.3 Å². The first-order valence-corrected chi connectivity index (χ1v) is 6.40. The maximum atomic E-state index is 5.57. The summed E-state index contributed by atoms with van der Waals surface area (Å²) in [4.78, 5) is 2.39. The molecule has 0 amide bonds. The summed E-state index contributed by atoms with van der Waals surface area (Å²) in [6, 6.07) is 0.548. The second kappa shape index (κ2) is 8.97. The molecule has 16 heavy (non-hydrogen) atoms. The van der Waals surface area contributed by atoms with Crippen LogP contribution in [0.2, 0.25) is 0 Å². The molecule has 0 heterocycles. The van der Waals surface area contributed by atoms with E-state index in [-0.39, 0.29) is 0 Å². The minimum Gasteiger partial charge on any atom is -0.377 e. The Morgan fingerprint density at radius 1 is 0.750 bits per heavy atom. The van der Waals surface area contributed by atoms with Crippen LogP contribution >= 0.6 is 0 Å². The third-order valence-corrected chi connectivity index (χ3v) is 2.39. The average molecular weight is 231 g/mol. The molecule has 0 aromatic carbocycles. The Hall–Kier alpha value is -0.120. The van der Waals surface area contributed by atoms with Crippen molar-refractivity contribution < 1.29 is 9.47 Å². The first-order chi connectivity index (χ1) is 7.43. The van der Waals surface area contributed by atoms with E-state index >= 15 is 0 Å². The normalized spacial score (nSPS) is 12.4. The molecule has 0 spiro atoms. The minimum absolute atomic E-state index is 0.320. The number of hydrogen-bond donors (Lipinski definition) is 0. The number of ether oxygens (including phenoxy) is 2. The molecule has 0 aliphatic carbocycles. The quantitative estimate of drug-likeness (QED) is 0.609. The van der Waals surface area contributed by atoms with Gasteiger partial charge in [-0.2, -0.15) is 0 Å². The van der Waals surface area contributed by atoms with Gasteiger partial charge in [0.05, 0.1) is 25.4 Å². The van der Waals surface area contributed by atoms with Crippen LogP contribution in [0, 0.1) is 0 Å². The van der Waals surface area contributed by atoms with Crippen molar-refractivity contribution in [1.29, 1.82) is 0 Å². The van der Waals surface area contributed by atoms with Gasteiger partial charge < -0.3 is 9.47 Å². The van der Waals surface area contributed by atoms with Crippen molar-refractivity contribution in [1.82, 2.24) is 4.90 Å². The zero-order chi connectivity index (χ0) is 12.6. The predicted molar refractivity (Wildman–Crippen MR) is 68.9 cm³/mol. The lowest BCUT2D eigenvalue weighted by Crippen LogP contribution is -2.37. The van der Waals surface area contributed by atoms with E-state index in [1.54, 1.807) is 0 Å². The summed E-state index contributed by atoms with van der Waals surface area (Å²) in [5.41, 5.74) is 0. The van der Waals surface area contributed by atoms with Gasteiger partial charge in [0.2, 0.25) is 0 Å². The van der Waals surface area contributed by atoms with Crippen LogP contribution in [0.1, 0.15) is 41.5 Å². The Bertz CT molecular complexity index is 144. The molecule has 0 bridgehead atoms. The summed E-state index contributed by atoms with van der Waals surface area (Å²) < 4.78 is 11.1. The van der Waals surface area contributed by atoms with Crippen molar-refractivity contribution in [3.63, 3.8) is 0 Å². The van der Waals surface area contributed by atoms with Crippen LogP contribution in [-0.2, 0) is 9.47 Å². The van der Waals surface area contributed by atoms with Crippen LogP contribution in [0.5, 0.6) is 0 Å². The highest BCUT2D eigenvalue weighted by Gasteiger charge is 2.09. The fourth-order valence-electron chi connectivity index (χ4n) is 1.44. The van der Waals surface area contributed by atoms with E-state index in [4.69, 9.17) is 9.47 Å². The van der Waals surface area contributed by atoms with Crippen LogP contribution in [0.25, 0.3) is 0 Å². The molecule has 0 aliphatic rings. The van der Waals surface area contributed by atoms with E-state index in [0.29, 0.717) is 18.2 Å². The van der Waals surface area contributed by atoms with E-state index in [1.807, 2.05) is 0 Å². The monoisotopic (exact) mass is 231 g/mol. The fraction of sp³-hybridized carbons (Fsp3) is 1.00. The van der Waals surface area contributed by atoms with Gasteiger partial charge in [-0.05, 0) is 41.5 Å². The number of hydrogen-bond acceptors (Lipinski definition) is 3. The second-order valence-corrected chi connectivity index (χ2v) is 4.97. The maximum absolute atomic E-state index is 5.57. The maximum Gasteiger partial charge on any atom is 0.0597 e. The van der Waals surface area contributed by atoms with Gasteiger partial charge >= 0.3 is 0 Å². The van der Waals surface area contributed by atoms with E-state index < -0.39 is 0 Å². The SMILES string of the molecule is CC(C)OCCN(CCOC(C)C)C(C)C. The summed E-state index contributed by atoms with van der Waals surface area (Å²) in [5.74, 6) is 0. The van der Waals surface area contributed by atoms with Gasteiger partial charge in [-0.3, -0.25) is 4.90 Å². The largest absolute Gasteiger partial charge is 0.377 e. The van der Waals surface area contributed by atoms with E-state index in [2.05, 4.69) is 46.4 Å². The van der Waals surface area contributed by atoms with Crippen molar-refractivity contribution >= 4 is 0 Å². The molecule has 0 radical (unpaired) electrons. The van der Waals surface area contributed by atoms with Gasteiger partial charge in [-0.25, -0.2) is 0 Å². The molecule has 0 saturated carbocycles. The second-order valence-electron chi connectivity index (χ2n) is 4.97. The van der Waals surface area contributed by atoms with Crippen molar-refractivity contribution in [2.24, 2.45) is 0 Å². The van der Waals surface area contributed by atoms with Gasteiger partial charge in [-0.1, -0.05) is 0 Å². The minimum atomic E-state index is 0.320. The highest BCUT2D eigenvalue weighted by atomic mass is 16.5. The Balaban J connectivity index is 3.71. The Kier molecular flexibility index (Phi) is 8.90. The standard InChI is InChI=1S/C13H29NO2/c1-11(2)14(7-9-15-12(3)4)8-10-16-13(5)6/h11-13H,7-10H2,1-6H3. The summed E-state index contributed by atoms with van der Waals surface area (Å²) >= 11 is 0. The van der Waals surface area contributed by atoms with Crippen molar-refractivity contribution in [3.05, 3.63) is 0 Å². The van der Waals surface area contributed by atoms with E-state index in [9.17, 15) is 0 Å². The van der Waals surface area contributed by atoms with Crippen LogP contribution in [0.15, 0.2) is 0 Å². The summed E-state index contributed by atoms with van der Waals surface area (Å²) in [6.07, 6.45) is 0.641. The molecule has 0 aromatic rings. The highest BCUT2D eigenvalue weighted by Crippen LogP contribution is 2.00. The molecule has 3 nitrogen and oxygen atoms in total. The Morgan fingerprint density at radius 2 is 1.12 bits per heavy atom. The first-order valence-electron chi connectivity index (χ1n) is 6.40. The first kappa shape index (κ1) is 15.9. The van der Waals surface area contributed by atoms with Gasteiger partial charge in [0.25, 0.3) is 0 Å². The third-order valence-electron chi connectivity index (χ3n) is 2.39. The van der Waals surface area contributed by atoms with Crippen LogP contribution in [-0.4, -0.2) is 49.5 Å². The lowest BCUT2D eigenvalue weighted by Gasteiger charge is -2.27. The predicted octanol–water partition coefficient (Wildman–Crippen LogP) is 2.55. The van der Waals surface area contributed by atoms with Gasteiger partial charge in [0, 0.05) is 19.1 Å². The Morgan fingerprint density at radius 3 is 1.38 bits per heavy atom. The summed E-state index contributed by atoms with van der Waals surface area (Å²) in [6.45, 7) is 16.3. The summed E-state index contributed by atoms with van der Waals surface area (Å²) in [5, 5.41) is 0. The molecule has 0 unspecified atom stereocenters. The summed E-state index contributed by atoms with van der Waals surface area (Å²) in [7, 11) is 0. The average Bonchev–Trinajstić information content (AvgIpc) is 2.14. The zero-order valence-electron chi connectivity index (χ0n) is 11.8. The third kappa shape index (κ3) is 9.13. The number of nitrogens with zero attached hydrogens (tertiary/aromatic N) is 1. The van der Waals surface area contributed by atoms with Gasteiger partial charge in [0.1, 0.15) is 0 Å². The zero-order valence-corrected chi connectivity index (χ0v) is 11.8. The molecule has 3 heteroatoms. The van der Waals surface area contributed by atoms with Crippen molar-refractivity contribution in [3.8, 4) is 0 Å². The molecule has 0 atom stereocenters. The molecule has 0 aromatic heterocycles. The van der Waals surface area contributed by atoms with E-state index in [1.165, 1.54) is 0 Å². The van der Waals surface area contributed by atoms with Crippen LogP contribution in [0.3, 0.4) is 0 Å². The van der Waals surface area contributed by atoms with Crippen LogP contribution in [0.4, 0.5) is 0 Å². The Labute approximate surface area is 101 Å².